The van der Waals surface area contributed by atoms with Crippen LogP contribution in [-0.2, 0) is 20.4 Å². The number of esters is 1. The van der Waals surface area contributed by atoms with E-state index < -0.39 is 14.3 Å². The van der Waals surface area contributed by atoms with E-state index in [0.29, 0.717) is 12.2 Å². The van der Waals surface area contributed by atoms with Gasteiger partial charge in [0.1, 0.15) is 11.5 Å². The van der Waals surface area contributed by atoms with E-state index in [4.69, 9.17) is 8.84 Å². The molecule has 4 nitrogen and oxygen atoms in total. The Morgan fingerprint density at radius 1 is 1.15 bits per heavy atom. The van der Waals surface area contributed by atoms with Gasteiger partial charge in [0, 0.05) is 12.5 Å². The van der Waals surface area contributed by atoms with Crippen LogP contribution in [0.3, 0.4) is 0 Å². The number of carbonyl (C=O) groups excluding carboxylic acids is 1. The lowest BCUT2D eigenvalue weighted by Gasteiger charge is -2.39. The monoisotopic (exact) mass is 386 g/mol. The molecule has 1 aromatic heterocycles. The molecular weight excluding hydrogens is 356 g/mol. The molecule has 1 atom stereocenters. The molecule has 146 valence electrons. The quantitative estimate of drug-likeness (QED) is 0.344. The second-order valence-corrected chi connectivity index (χ2v) is 12.9. The van der Waals surface area contributed by atoms with Crippen molar-refractivity contribution in [3.8, 4) is 0 Å². The van der Waals surface area contributed by atoms with Gasteiger partial charge >= 0.3 is 5.97 Å². The van der Waals surface area contributed by atoms with E-state index in [1.165, 1.54) is 13.2 Å². The molecule has 0 amide bonds. The van der Waals surface area contributed by atoms with Crippen molar-refractivity contribution in [2.45, 2.75) is 51.4 Å². The van der Waals surface area contributed by atoms with Crippen LogP contribution in [0.5, 0.6) is 0 Å². The van der Waals surface area contributed by atoms with Crippen LogP contribution in [-0.4, -0.2) is 21.4 Å². The van der Waals surface area contributed by atoms with Crippen LogP contribution in [0, 0.1) is 0 Å². The molecule has 1 aromatic carbocycles. The molecular formula is C22H30O4Si. The molecule has 0 aliphatic heterocycles. The number of methoxy groups -OCH3 is 1. The first-order valence-corrected chi connectivity index (χ1v) is 12.1. The maximum absolute atomic E-state index is 11.2. The normalized spacial score (nSPS) is 13.7. The average molecular weight is 387 g/mol. The highest BCUT2D eigenvalue weighted by Gasteiger charge is 2.39. The largest absolute Gasteiger partial charge is 0.466 e. The number of hydrogen-bond acceptors (Lipinski definition) is 4. The molecule has 0 bridgehead atoms. The number of ether oxygens (including phenoxy) is 1. The Labute approximate surface area is 163 Å². The molecule has 0 aliphatic rings. The fraction of sp³-hybridized carbons (Fsp3) is 0.409. The zero-order chi connectivity index (χ0) is 20.1. The highest BCUT2D eigenvalue weighted by molar-refractivity contribution is 6.74. The Kier molecular flexibility index (Phi) is 6.84. The average Bonchev–Trinajstić information content (AvgIpc) is 3.06. The van der Waals surface area contributed by atoms with Gasteiger partial charge in [-0.1, -0.05) is 51.1 Å². The standard InChI is InChI=1S/C22H30O4Si/c1-22(2,3)27(5,6)26-20(17-10-8-7-9-11-17)16-19-13-12-18(25-19)14-15-21(23)24-4/h7-15,20H,16H2,1-6H3/b15-14+. The topological polar surface area (TPSA) is 48.7 Å². The Hall–Kier alpha value is -2.11. The van der Waals surface area contributed by atoms with Crippen LogP contribution in [0.15, 0.2) is 53.0 Å². The molecule has 2 aromatic rings. The zero-order valence-corrected chi connectivity index (χ0v) is 18.1. The van der Waals surface area contributed by atoms with Gasteiger partial charge < -0.3 is 13.6 Å². The highest BCUT2D eigenvalue weighted by atomic mass is 28.4. The maximum Gasteiger partial charge on any atom is 0.330 e. The molecule has 0 radical (unpaired) electrons. The Morgan fingerprint density at radius 2 is 1.81 bits per heavy atom. The van der Waals surface area contributed by atoms with Gasteiger partial charge in [0.2, 0.25) is 0 Å². The van der Waals surface area contributed by atoms with Gasteiger partial charge in [-0.15, -0.1) is 0 Å². The van der Waals surface area contributed by atoms with Crippen LogP contribution < -0.4 is 0 Å². The van der Waals surface area contributed by atoms with Crippen LogP contribution in [0.1, 0.15) is 44.0 Å². The predicted octanol–water partition coefficient (Wildman–Crippen LogP) is 5.77. The van der Waals surface area contributed by atoms with Gasteiger partial charge in [0.25, 0.3) is 0 Å². The third-order valence-corrected chi connectivity index (χ3v) is 9.55. The van der Waals surface area contributed by atoms with Crippen molar-refractivity contribution < 1.29 is 18.4 Å². The minimum absolute atomic E-state index is 0.0734. The molecule has 1 unspecified atom stereocenters. The number of furan rings is 1. The van der Waals surface area contributed by atoms with Crippen LogP contribution in [0.2, 0.25) is 18.1 Å². The third kappa shape index (κ3) is 5.94. The van der Waals surface area contributed by atoms with Gasteiger partial charge in [-0.05, 0) is 41.9 Å². The fourth-order valence-corrected chi connectivity index (χ4v) is 3.71. The predicted molar refractivity (Wildman–Crippen MR) is 111 cm³/mol. The molecule has 2 rings (SSSR count). The van der Waals surface area contributed by atoms with Crippen molar-refractivity contribution >= 4 is 20.4 Å². The summed E-state index contributed by atoms with van der Waals surface area (Å²) in [7, 11) is -0.600. The first-order chi connectivity index (χ1) is 12.6. The van der Waals surface area contributed by atoms with E-state index in [1.54, 1.807) is 6.08 Å². The van der Waals surface area contributed by atoms with Gasteiger partial charge in [0.15, 0.2) is 8.32 Å². The van der Waals surface area contributed by atoms with E-state index in [0.717, 1.165) is 11.3 Å². The molecule has 0 saturated heterocycles. The Bertz CT molecular complexity index is 769. The molecule has 27 heavy (non-hydrogen) atoms. The third-order valence-electron chi connectivity index (χ3n) is 5.07. The molecule has 0 fully saturated rings. The number of rotatable bonds is 7. The fourth-order valence-electron chi connectivity index (χ4n) is 2.42. The molecule has 5 heteroatoms. The van der Waals surface area contributed by atoms with Crippen molar-refractivity contribution in [3.63, 3.8) is 0 Å². The van der Waals surface area contributed by atoms with Crippen molar-refractivity contribution in [3.05, 3.63) is 65.6 Å². The molecule has 0 saturated carbocycles. The molecule has 0 N–H and O–H groups in total. The summed E-state index contributed by atoms with van der Waals surface area (Å²) in [4.78, 5) is 11.2. The zero-order valence-electron chi connectivity index (χ0n) is 17.1. The molecule has 0 spiro atoms. The number of benzene rings is 1. The minimum Gasteiger partial charge on any atom is -0.466 e. The van der Waals surface area contributed by atoms with Crippen LogP contribution in [0.4, 0.5) is 0 Å². The lowest BCUT2D eigenvalue weighted by molar-refractivity contribution is -0.134. The first kappa shape index (κ1) is 21.2. The lowest BCUT2D eigenvalue weighted by Crippen LogP contribution is -2.42. The first-order valence-electron chi connectivity index (χ1n) is 9.20. The number of carbonyl (C=O) groups is 1. The van der Waals surface area contributed by atoms with E-state index in [9.17, 15) is 4.79 Å². The van der Waals surface area contributed by atoms with Crippen molar-refractivity contribution in [1.29, 1.82) is 0 Å². The summed E-state index contributed by atoms with van der Waals surface area (Å²) in [6.45, 7) is 11.2. The lowest BCUT2D eigenvalue weighted by atomic mass is 10.1. The molecule has 1 heterocycles. The molecule has 0 aliphatic carbocycles. The smallest absolute Gasteiger partial charge is 0.330 e. The van der Waals surface area contributed by atoms with Crippen molar-refractivity contribution in [2.24, 2.45) is 0 Å². The van der Waals surface area contributed by atoms with E-state index in [1.807, 2.05) is 30.3 Å². The summed E-state index contributed by atoms with van der Waals surface area (Å²) in [6, 6.07) is 14.0. The van der Waals surface area contributed by atoms with E-state index in [2.05, 4.69) is 50.7 Å². The number of hydrogen-bond donors (Lipinski definition) is 0. The summed E-state index contributed by atoms with van der Waals surface area (Å²) >= 11 is 0. The minimum atomic E-state index is -1.95. The summed E-state index contributed by atoms with van der Waals surface area (Å²) in [5.74, 6) is 1.04. The van der Waals surface area contributed by atoms with Gasteiger partial charge in [0.05, 0.1) is 13.2 Å². The van der Waals surface area contributed by atoms with Crippen molar-refractivity contribution in [2.75, 3.05) is 7.11 Å². The van der Waals surface area contributed by atoms with Crippen LogP contribution >= 0.6 is 0 Å². The summed E-state index contributed by atoms with van der Waals surface area (Å²) in [5, 5.41) is 0.123. The second-order valence-electron chi connectivity index (χ2n) is 8.14. The maximum atomic E-state index is 11.2. The van der Waals surface area contributed by atoms with E-state index >= 15 is 0 Å². The van der Waals surface area contributed by atoms with E-state index in [-0.39, 0.29) is 11.1 Å². The summed E-state index contributed by atoms with van der Waals surface area (Å²) in [6.07, 6.45) is 3.53. The second kappa shape index (κ2) is 8.72. The Morgan fingerprint density at radius 3 is 2.41 bits per heavy atom. The van der Waals surface area contributed by atoms with Crippen molar-refractivity contribution in [1.82, 2.24) is 0 Å². The van der Waals surface area contributed by atoms with Gasteiger partial charge in [-0.25, -0.2) is 4.79 Å². The SMILES string of the molecule is COC(=O)/C=C/c1ccc(CC(O[Si](C)(C)C(C)(C)C)c2ccccc2)o1. The van der Waals surface area contributed by atoms with Crippen LogP contribution in [0.25, 0.3) is 6.08 Å². The Balaban J connectivity index is 2.22. The van der Waals surface area contributed by atoms with Gasteiger partial charge in [-0.3, -0.25) is 0 Å². The summed E-state index contributed by atoms with van der Waals surface area (Å²) in [5.41, 5.74) is 1.14. The summed E-state index contributed by atoms with van der Waals surface area (Å²) < 4.78 is 17.2. The highest BCUT2D eigenvalue weighted by Crippen LogP contribution is 2.40. The van der Waals surface area contributed by atoms with Gasteiger partial charge in [-0.2, -0.15) is 0 Å².